The normalized spacial score (nSPS) is 10.1. The highest BCUT2D eigenvalue weighted by Crippen LogP contribution is 2.23. The summed E-state index contributed by atoms with van der Waals surface area (Å²) >= 11 is 3.40. The number of nitrogens with one attached hydrogen (secondary N) is 1. The summed E-state index contributed by atoms with van der Waals surface area (Å²) in [6.07, 6.45) is 1.49. The SMILES string of the molecule is O=c1ccnc(-c2ccccc2Br)[nH]1. The van der Waals surface area contributed by atoms with E-state index >= 15 is 0 Å². The quantitative estimate of drug-likeness (QED) is 0.844. The van der Waals surface area contributed by atoms with E-state index < -0.39 is 0 Å². The smallest absolute Gasteiger partial charge is 0.251 e. The number of halogens is 1. The first-order chi connectivity index (χ1) is 6.77. The molecule has 4 heteroatoms. The lowest BCUT2D eigenvalue weighted by Crippen LogP contribution is -2.05. The molecule has 0 bridgehead atoms. The summed E-state index contributed by atoms with van der Waals surface area (Å²) in [6, 6.07) is 8.99. The summed E-state index contributed by atoms with van der Waals surface area (Å²) in [6.45, 7) is 0. The van der Waals surface area contributed by atoms with Crippen LogP contribution in [0.2, 0.25) is 0 Å². The second-order valence-corrected chi connectivity index (χ2v) is 3.62. The second kappa shape index (κ2) is 3.75. The topological polar surface area (TPSA) is 45.8 Å². The second-order valence-electron chi connectivity index (χ2n) is 2.76. The van der Waals surface area contributed by atoms with Crippen LogP contribution in [0.15, 0.2) is 45.8 Å². The molecule has 1 N–H and O–H groups in total. The molecule has 0 aliphatic rings. The van der Waals surface area contributed by atoms with Crippen LogP contribution in [0.5, 0.6) is 0 Å². The van der Waals surface area contributed by atoms with Crippen molar-refractivity contribution < 1.29 is 0 Å². The molecule has 1 aromatic heterocycles. The van der Waals surface area contributed by atoms with Gasteiger partial charge in [-0.1, -0.05) is 34.1 Å². The Morgan fingerprint density at radius 2 is 2.00 bits per heavy atom. The van der Waals surface area contributed by atoms with E-state index in [-0.39, 0.29) is 5.56 Å². The number of rotatable bonds is 1. The highest BCUT2D eigenvalue weighted by atomic mass is 79.9. The molecule has 14 heavy (non-hydrogen) atoms. The van der Waals surface area contributed by atoms with Gasteiger partial charge in [0.1, 0.15) is 5.82 Å². The van der Waals surface area contributed by atoms with Crippen molar-refractivity contribution in [1.29, 1.82) is 0 Å². The minimum atomic E-state index is -0.147. The summed E-state index contributed by atoms with van der Waals surface area (Å²) < 4.78 is 0.911. The van der Waals surface area contributed by atoms with E-state index in [9.17, 15) is 4.79 Å². The maximum absolute atomic E-state index is 11.1. The van der Waals surface area contributed by atoms with Crippen molar-refractivity contribution in [3.8, 4) is 11.4 Å². The Bertz CT molecular complexity index is 507. The van der Waals surface area contributed by atoms with E-state index in [4.69, 9.17) is 0 Å². The first kappa shape index (κ1) is 9.15. The molecule has 0 unspecified atom stereocenters. The van der Waals surface area contributed by atoms with Crippen LogP contribution in [0.3, 0.4) is 0 Å². The average Bonchev–Trinajstić information content (AvgIpc) is 2.18. The Balaban J connectivity index is 2.61. The Morgan fingerprint density at radius 1 is 1.21 bits per heavy atom. The van der Waals surface area contributed by atoms with Crippen LogP contribution in [0.4, 0.5) is 0 Å². The summed E-state index contributed by atoms with van der Waals surface area (Å²) in [4.78, 5) is 17.8. The zero-order valence-electron chi connectivity index (χ0n) is 7.20. The van der Waals surface area contributed by atoms with Gasteiger partial charge in [0.2, 0.25) is 0 Å². The van der Waals surface area contributed by atoms with E-state index in [1.807, 2.05) is 24.3 Å². The van der Waals surface area contributed by atoms with Crippen molar-refractivity contribution in [2.24, 2.45) is 0 Å². The minimum absolute atomic E-state index is 0.147. The highest BCUT2D eigenvalue weighted by molar-refractivity contribution is 9.10. The lowest BCUT2D eigenvalue weighted by Gasteiger charge is -2.01. The summed E-state index contributed by atoms with van der Waals surface area (Å²) in [5.41, 5.74) is 0.732. The van der Waals surface area contributed by atoms with Crippen molar-refractivity contribution in [3.63, 3.8) is 0 Å². The molecule has 0 atom stereocenters. The fourth-order valence-corrected chi connectivity index (χ4v) is 1.63. The van der Waals surface area contributed by atoms with Crippen LogP contribution in [-0.4, -0.2) is 9.97 Å². The molecule has 1 aromatic carbocycles. The van der Waals surface area contributed by atoms with Crippen molar-refractivity contribution in [1.82, 2.24) is 9.97 Å². The van der Waals surface area contributed by atoms with E-state index in [2.05, 4.69) is 25.9 Å². The number of aromatic amines is 1. The first-order valence-electron chi connectivity index (χ1n) is 4.07. The fraction of sp³-hybridized carbons (Fsp3) is 0. The van der Waals surface area contributed by atoms with Gasteiger partial charge < -0.3 is 4.98 Å². The van der Waals surface area contributed by atoms with Crippen LogP contribution in [-0.2, 0) is 0 Å². The van der Waals surface area contributed by atoms with Gasteiger partial charge in [-0.25, -0.2) is 4.98 Å². The molecule has 0 amide bonds. The lowest BCUT2D eigenvalue weighted by atomic mass is 10.2. The average molecular weight is 251 g/mol. The molecule has 2 aromatic rings. The molecule has 0 spiro atoms. The minimum Gasteiger partial charge on any atom is -0.307 e. The van der Waals surface area contributed by atoms with Crippen LogP contribution in [0.1, 0.15) is 0 Å². The molecular weight excluding hydrogens is 244 g/mol. The Labute approximate surface area is 89.0 Å². The van der Waals surface area contributed by atoms with Crippen LogP contribution in [0.25, 0.3) is 11.4 Å². The standard InChI is InChI=1S/C10H7BrN2O/c11-8-4-2-1-3-7(8)10-12-6-5-9(14)13-10/h1-6H,(H,12,13,14). The predicted molar refractivity (Wildman–Crippen MR) is 58.0 cm³/mol. The molecule has 0 saturated carbocycles. The Hall–Kier alpha value is -1.42. The molecule has 2 rings (SSSR count). The highest BCUT2D eigenvalue weighted by Gasteiger charge is 2.02. The van der Waals surface area contributed by atoms with Gasteiger partial charge in [-0.2, -0.15) is 0 Å². The Morgan fingerprint density at radius 3 is 2.71 bits per heavy atom. The van der Waals surface area contributed by atoms with E-state index in [1.165, 1.54) is 12.3 Å². The molecular formula is C10H7BrN2O. The summed E-state index contributed by atoms with van der Waals surface area (Å²) in [7, 11) is 0. The van der Waals surface area contributed by atoms with E-state index in [1.54, 1.807) is 0 Å². The zero-order valence-corrected chi connectivity index (χ0v) is 8.78. The maximum Gasteiger partial charge on any atom is 0.251 e. The zero-order chi connectivity index (χ0) is 9.97. The van der Waals surface area contributed by atoms with Gasteiger partial charge in [0, 0.05) is 22.3 Å². The van der Waals surface area contributed by atoms with Crippen molar-refractivity contribution in [3.05, 3.63) is 51.4 Å². The molecule has 0 radical (unpaired) electrons. The maximum atomic E-state index is 11.1. The molecule has 0 aliphatic heterocycles. The monoisotopic (exact) mass is 250 g/mol. The van der Waals surface area contributed by atoms with Crippen LogP contribution < -0.4 is 5.56 Å². The third kappa shape index (κ3) is 1.75. The van der Waals surface area contributed by atoms with E-state index in [0.717, 1.165) is 10.0 Å². The number of benzene rings is 1. The molecule has 0 aliphatic carbocycles. The lowest BCUT2D eigenvalue weighted by molar-refractivity contribution is 1.13. The van der Waals surface area contributed by atoms with Gasteiger partial charge in [-0.05, 0) is 6.07 Å². The molecule has 70 valence electrons. The molecule has 1 heterocycles. The largest absolute Gasteiger partial charge is 0.307 e. The van der Waals surface area contributed by atoms with Gasteiger partial charge in [0.25, 0.3) is 5.56 Å². The van der Waals surface area contributed by atoms with Crippen LogP contribution >= 0.6 is 15.9 Å². The number of aromatic nitrogens is 2. The van der Waals surface area contributed by atoms with Crippen molar-refractivity contribution >= 4 is 15.9 Å². The van der Waals surface area contributed by atoms with Crippen molar-refractivity contribution in [2.45, 2.75) is 0 Å². The summed E-state index contributed by atoms with van der Waals surface area (Å²) in [5.74, 6) is 0.574. The molecule has 0 fully saturated rings. The number of H-pyrrole nitrogens is 1. The molecule has 3 nitrogen and oxygen atoms in total. The number of hydrogen-bond donors (Lipinski definition) is 1. The third-order valence-electron chi connectivity index (χ3n) is 1.80. The first-order valence-corrected chi connectivity index (χ1v) is 4.87. The number of nitrogens with zero attached hydrogens (tertiary/aromatic N) is 1. The number of hydrogen-bond acceptors (Lipinski definition) is 2. The Kier molecular flexibility index (Phi) is 2.45. The fourth-order valence-electron chi connectivity index (χ4n) is 1.16. The van der Waals surface area contributed by atoms with Gasteiger partial charge in [0.15, 0.2) is 0 Å². The van der Waals surface area contributed by atoms with Crippen LogP contribution in [0, 0.1) is 0 Å². The predicted octanol–water partition coefficient (Wildman–Crippen LogP) is 2.20. The molecule has 0 saturated heterocycles. The van der Waals surface area contributed by atoms with Crippen molar-refractivity contribution in [2.75, 3.05) is 0 Å². The summed E-state index contributed by atoms with van der Waals surface area (Å²) in [5, 5.41) is 0. The third-order valence-corrected chi connectivity index (χ3v) is 2.49. The van der Waals surface area contributed by atoms with Gasteiger partial charge in [-0.3, -0.25) is 4.79 Å². The van der Waals surface area contributed by atoms with Gasteiger partial charge >= 0.3 is 0 Å². The van der Waals surface area contributed by atoms with Gasteiger partial charge in [-0.15, -0.1) is 0 Å². The van der Waals surface area contributed by atoms with E-state index in [0.29, 0.717) is 5.82 Å². The van der Waals surface area contributed by atoms with Gasteiger partial charge in [0.05, 0.1) is 0 Å².